The Morgan fingerprint density at radius 3 is 2.64 bits per heavy atom. The minimum Gasteiger partial charge on any atom is -0.507 e. The Kier molecular flexibility index (Phi) is 7.28. The number of benzene rings is 2. The van der Waals surface area contributed by atoms with E-state index in [1.165, 1.54) is 0 Å². The second-order valence-corrected chi connectivity index (χ2v) is 10.5. The molecule has 202 valence electrons. The number of rotatable bonds is 9. The van der Waals surface area contributed by atoms with Crippen molar-refractivity contribution in [1.82, 2.24) is 20.1 Å². The molecule has 1 aliphatic heterocycles. The van der Waals surface area contributed by atoms with E-state index < -0.39 is 6.04 Å². The van der Waals surface area contributed by atoms with Gasteiger partial charge in [0, 0.05) is 30.1 Å². The van der Waals surface area contributed by atoms with Crippen molar-refractivity contribution >= 4 is 5.91 Å². The molecule has 4 aromatic rings. The normalized spacial score (nSPS) is 14.7. The summed E-state index contributed by atoms with van der Waals surface area (Å²) >= 11 is 0. The molecule has 0 bridgehead atoms. The topological polar surface area (TPSA) is 101 Å². The van der Waals surface area contributed by atoms with Crippen LogP contribution in [-0.4, -0.2) is 44.8 Å². The van der Waals surface area contributed by atoms with E-state index in [1.807, 2.05) is 50.2 Å². The van der Waals surface area contributed by atoms with Crippen LogP contribution in [0, 0.1) is 19.8 Å². The molecule has 0 radical (unpaired) electrons. The fourth-order valence-corrected chi connectivity index (χ4v) is 5.22. The second kappa shape index (κ2) is 10.8. The molecule has 1 atom stereocenters. The summed E-state index contributed by atoms with van der Waals surface area (Å²) in [5.74, 6) is 1.74. The van der Waals surface area contributed by atoms with E-state index in [1.54, 1.807) is 30.5 Å². The molecule has 0 spiro atoms. The average molecular weight is 527 g/mol. The summed E-state index contributed by atoms with van der Waals surface area (Å²) in [7, 11) is 1.62. The van der Waals surface area contributed by atoms with Crippen molar-refractivity contribution in [1.29, 1.82) is 0 Å². The van der Waals surface area contributed by atoms with Crippen molar-refractivity contribution in [3.8, 4) is 28.5 Å². The zero-order valence-electron chi connectivity index (χ0n) is 23.0. The third-order valence-corrected chi connectivity index (χ3v) is 7.09. The number of H-pyrrole nitrogens is 1. The first-order chi connectivity index (χ1) is 18.8. The van der Waals surface area contributed by atoms with Crippen molar-refractivity contribution in [3.05, 3.63) is 88.4 Å². The van der Waals surface area contributed by atoms with Crippen molar-refractivity contribution < 1.29 is 19.4 Å². The van der Waals surface area contributed by atoms with Gasteiger partial charge < -0.3 is 19.5 Å². The van der Waals surface area contributed by atoms with Gasteiger partial charge in [-0.15, -0.1) is 0 Å². The number of hydrogen-bond acceptors (Lipinski definition) is 6. The summed E-state index contributed by atoms with van der Waals surface area (Å²) in [5.41, 5.74) is 5.89. The van der Waals surface area contributed by atoms with Crippen LogP contribution >= 0.6 is 0 Å². The lowest BCUT2D eigenvalue weighted by atomic mass is 9.93. The number of carbonyl (C=O) groups is 1. The number of nitrogens with one attached hydrogen (secondary N) is 1. The maximum atomic E-state index is 13.8. The smallest absolute Gasteiger partial charge is 0.273 e. The van der Waals surface area contributed by atoms with Crippen LogP contribution in [0.1, 0.15) is 64.6 Å². The molecule has 1 aliphatic rings. The van der Waals surface area contributed by atoms with Gasteiger partial charge >= 0.3 is 0 Å². The number of carbonyl (C=O) groups excluding carboxylic acids is 1. The van der Waals surface area contributed by atoms with Gasteiger partial charge in [-0.2, -0.15) is 5.10 Å². The predicted octanol–water partition coefficient (Wildman–Crippen LogP) is 5.97. The van der Waals surface area contributed by atoms with Crippen LogP contribution in [0.3, 0.4) is 0 Å². The number of phenols is 1. The van der Waals surface area contributed by atoms with Gasteiger partial charge in [0.2, 0.25) is 0 Å². The highest BCUT2D eigenvalue weighted by molar-refractivity contribution is 6.00. The number of methoxy groups -OCH3 is 1. The molecule has 0 fully saturated rings. The van der Waals surface area contributed by atoms with E-state index in [2.05, 4.69) is 29.0 Å². The van der Waals surface area contributed by atoms with Crippen molar-refractivity contribution in [3.63, 3.8) is 0 Å². The molecule has 2 aromatic heterocycles. The quantitative estimate of drug-likeness (QED) is 0.279. The van der Waals surface area contributed by atoms with Gasteiger partial charge in [0.1, 0.15) is 17.1 Å². The van der Waals surface area contributed by atoms with Crippen LogP contribution in [-0.2, 0) is 6.54 Å². The summed E-state index contributed by atoms with van der Waals surface area (Å²) in [6, 6.07) is 12.8. The zero-order valence-corrected chi connectivity index (χ0v) is 23.0. The summed E-state index contributed by atoms with van der Waals surface area (Å²) in [5, 5.41) is 18.5. The largest absolute Gasteiger partial charge is 0.507 e. The molecule has 0 aliphatic carbocycles. The van der Waals surface area contributed by atoms with Gasteiger partial charge in [0.15, 0.2) is 11.5 Å². The Morgan fingerprint density at radius 1 is 1.13 bits per heavy atom. The highest BCUT2D eigenvalue weighted by Crippen LogP contribution is 2.47. The third kappa shape index (κ3) is 5.06. The SMILES string of the molecule is COc1cc(C2c3c(-c4c(C)cc(C)cc4O)n[nH]c3C(=O)N2Cc2cccnc2)ccc1OCCC(C)C. The zero-order chi connectivity index (χ0) is 27.7. The van der Waals surface area contributed by atoms with Gasteiger partial charge in [-0.25, -0.2) is 0 Å². The fraction of sp³-hybridized carbons (Fsp3) is 0.323. The lowest BCUT2D eigenvalue weighted by molar-refractivity contribution is 0.0729. The number of aryl methyl sites for hydroxylation is 2. The number of ether oxygens (including phenoxy) is 2. The van der Waals surface area contributed by atoms with E-state index in [-0.39, 0.29) is 11.7 Å². The van der Waals surface area contributed by atoms with Gasteiger partial charge in [0.05, 0.1) is 19.8 Å². The summed E-state index contributed by atoms with van der Waals surface area (Å²) in [4.78, 5) is 19.8. The Morgan fingerprint density at radius 2 is 1.95 bits per heavy atom. The molecule has 8 heteroatoms. The van der Waals surface area contributed by atoms with Crippen molar-refractivity contribution in [2.45, 2.75) is 46.7 Å². The van der Waals surface area contributed by atoms with Gasteiger partial charge in [0.25, 0.3) is 5.91 Å². The molecule has 0 saturated carbocycles. The minimum atomic E-state index is -0.472. The standard InChI is InChI=1S/C31H34N4O4/c1-18(2)10-12-39-24-9-8-22(15-25(24)38-5)30-27-28(26-20(4)13-19(3)14-23(26)36)33-34-29(27)31(37)35(30)17-21-7-6-11-32-16-21/h6-9,11,13-16,18,30,36H,10,12,17H2,1-5H3,(H,33,34). The molecule has 2 aromatic carbocycles. The number of fused-ring (bicyclic) bond motifs is 1. The highest BCUT2D eigenvalue weighted by atomic mass is 16.5. The first kappa shape index (κ1) is 26.3. The number of nitrogens with zero attached hydrogens (tertiary/aromatic N) is 3. The van der Waals surface area contributed by atoms with Crippen LogP contribution in [0.4, 0.5) is 0 Å². The molecule has 8 nitrogen and oxygen atoms in total. The predicted molar refractivity (Wildman–Crippen MR) is 149 cm³/mol. The molecule has 39 heavy (non-hydrogen) atoms. The van der Waals surface area contributed by atoms with Gasteiger partial charge in [-0.1, -0.05) is 32.0 Å². The lowest BCUT2D eigenvalue weighted by Gasteiger charge is -2.27. The second-order valence-electron chi connectivity index (χ2n) is 10.5. The van der Waals surface area contributed by atoms with Gasteiger partial charge in [-0.05, 0) is 72.7 Å². The van der Waals surface area contributed by atoms with Crippen molar-refractivity contribution in [2.24, 2.45) is 5.92 Å². The van der Waals surface area contributed by atoms with E-state index in [9.17, 15) is 9.90 Å². The van der Waals surface area contributed by atoms with Crippen LogP contribution in [0.5, 0.6) is 17.2 Å². The third-order valence-electron chi connectivity index (χ3n) is 7.09. The van der Waals surface area contributed by atoms with Crippen molar-refractivity contribution in [2.75, 3.05) is 13.7 Å². The number of aromatic amines is 1. The van der Waals surface area contributed by atoms with E-state index >= 15 is 0 Å². The molecular formula is C31H34N4O4. The Bertz CT molecular complexity index is 1470. The summed E-state index contributed by atoms with van der Waals surface area (Å²) < 4.78 is 11.7. The van der Waals surface area contributed by atoms with Crippen LogP contribution in [0.15, 0.2) is 54.9 Å². The monoisotopic (exact) mass is 526 g/mol. The maximum absolute atomic E-state index is 13.8. The Hall–Kier alpha value is -4.33. The van der Waals surface area contributed by atoms with E-state index in [0.29, 0.717) is 47.5 Å². The van der Waals surface area contributed by atoms with E-state index in [4.69, 9.17) is 9.47 Å². The Labute approximate surface area is 228 Å². The molecule has 0 saturated heterocycles. The molecule has 3 heterocycles. The van der Waals surface area contributed by atoms with Crippen LogP contribution in [0.2, 0.25) is 0 Å². The number of phenolic OH excluding ortho intramolecular Hbond substituents is 1. The number of aromatic nitrogens is 3. The van der Waals surface area contributed by atoms with Crippen LogP contribution in [0.25, 0.3) is 11.3 Å². The first-order valence-corrected chi connectivity index (χ1v) is 13.2. The molecule has 5 rings (SSSR count). The Balaban J connectivity index is 1.63. The molecule has 1 amide bonds. The first-order valence-electron chi connectivity index (χ1n) is 13.2. The molecule has 2 N–H and O–H groups in total. The lowest BCUT2D eigenvalue weighted by Crippen LogP contribution is -2.29. The number of pyridine rings is 1. The summed E-state index contributed by atoms with van der Waals surface area (Å²) in [6.45, 7) is 9.13. The average Bonchev–Trinajstić information content (AvgIpc) is 3.43. The van der Waals surface area contributed by atoms with Crippen LogP contribution < -0.4 is 9.47 Å². The fourth-order valence-electron chi connectivity index (χ4n) is 5.22. The van der Waals surface area contributed by atoms with Gasteiger partial charge in [-0.3, -0.25) is 14.9 Å². The number of aromatic hydroxyl groups is 1. The number of hydrogen-bond donors (Lipinski definition) is 2. The summed E-state index contributed by atoms with van der Waals surface area (Å²) in [6.07, 6.45) is 4.41. The molecular weight excluding hydrogens is 492 g/mol. The highest BCUT2D eigenvalue weighted by Gasteiger charge is 2.43. The molecule has 1 unspecified atom stereocenters. The number of amides is 1. The van der Waals surface area contributed by atoms with E-state index in [0.717, 1.165) is 34.2 Å². The maximum Gasteiger partial charge on any atom is 0.273 e. The minimum absolute atomic E-state index is 0.130.